The van der Waals surface area contributed by atoms with Gasteiger partial charge in [-0.1, -0.05) is 28.1 Å². The summed E-state index contributed by atoms with van der Waals surface area (Å²) in [5.74, 6) is 0.514. The van der Waals surface area contributed by atoms with Crippen LogP contribution in [0.2, 0.25) is 0 Å². The minimum atomic E-state index is -0.233. The molecule has 6 heteroatoms. The largest absolute Gasteiger partial charge is 0.469 e. The van der Waals surface area contributed by atoms with E-state index in [9.17, 15) is 4.79 Å². The van der Waals surface area contributed by atoms with Crippen molar-refractivity contribution in [3.05, 3.63) is 34.3 Å². The summed E-state index contributed by atoms with van der Waals surface area (Å²) in [5, 5.41) is 3.13. The highest BCUT2D eigenvalue weighted by atomic mass is 79.9. The fraction of sp³-hybridized carbons (Fsp3) is 0.429. The van der Waals surface area contributed by atoms with Crippen LogP contribution in [0, 0.1) is 0 Å². The Morgan fingerprint density at radius 2 is 2.05 bits per heavy atom. The number of hydrogen-bond donors (Lipinski definition) is 1. The van der Waals surface area contributed by atoms with Gasteiger partial charge in [-0.3, -0.25) is 9.79 Å². The number of hydrogen-bond acceptors (Lipinski definition) is 3. The summed E-state index contributed by atoms with van der Waals surface area (Å²) in [6.07, 6.45) is 0.321. The fourth-order valence-corrected chi connectivity index (χ4v) is 1.97. The number of benzene rings is 1. The van der Waals surface area contributed by atoms with Crippen molar-refractivity contribution in [3.8, 4) is 0 Å². The lowest BCUT2D eigenvalue weighted by Crippen LogP contribution is -2.39. The summed E-state index contributed by atoms with van der Waals surface area (Å²) in [6.45, 7) is 1.25. The van der Waals surface area contributed by atoms with Crippen LogP contribution in [0.25, 0.3) is 0 Å². The molecule has 0 aromatic heterocycles. The molecule has 0 aliphatic rings. The fourth-order valence-electron chi connectivity index (χ4n) is 1.70. The minimum absolute atomic E-state index is 0.233. The molecule has 0 saturated heterocycles. The molecule has 0 radical (unpaired) electrons. The molecule has 20 heavy (non-hydrogen) atoms. The monoisotopic (exact) mass is 341 g/mol. The summed E-state index contributed by atoms with van der Waals surface area (Å²) >= 11 is 3.42. The van der Waals surface area contributed by atoms with Gasteiger partial charge in [0.05, 0.1) is 13.5 Å². The summed E-state index contributed by atoms with van der Waals surface area (Å²) < 4.78 is 5.66. The predicted octanol–water partition coefficient (Wildman–Crippen LogP) is 2.02. The second-order valence-electron chi connectivity index (χ2n) is 4.28. The first kappa shape index (κ1) is 16.5. The number of esters is 1. The van der Waals surface area contributed by atoms with Gasteiger partial charge in [-0.15, -0.1) is 0 Å². The number of carbonyl (C=O) groups is 1. The second kappa shape index (κ2) is 8.58. The Kier molecular flexibility index (Phi) is 7.08. The predicted molar refractivity (Wildman–Crippen MR) is 83.6 cm³/mol. The van der Waals surface area contributed by atoms with Crippen molar-refractivity contribution >= 4 is 27.9 Å². The lowest BCUT2D eigenvalue weighted by atomic mass is 10.2. The lowest BCUT2D eigenvalue weighted by Gasteiger charge is -2.22. The number of nitrogens with one attached hydrogen (secondary N) is 1. The highest BCUT2D eigenvalue weighted by Crippen LogP contribution is 2.11. The van der Waals surface area contributed by atoms with E-state index in [-0.39, 0.29) is 5.97 Å². The van der Waals surface area contributed by atoms with Crippen LogP contribution in [0.4, 0.5) is 0 Å². The SMILES string of the molecule is CN=C(NCCC(=O)OC)N(C)Cc1ccc(Br)cc1. The quantitative estimate of drug-likeness (QED) is 0.505. The van der Waals surface area contributed by atoms with Crippen LogP contribution >= 0.6 is 15.9 Å². The minimum Gasteiger partial charge on any atom is -0.469 e. The Morgan fingerprint density at radius 3 is 2.60 bits per heavy atom. The summed E-state index contributed by atoms with van der Waals surface area (Å²) in [4.78, 5) is 17.2. The Balaban J connectivity index is 2.48. The smallest absolute Gasteiger partial charge is 0.307 e. The third kappa shape index (κ3) is 5.61. The Bertz CT molecular complexity index is 460. The zero-order chi connectivity index (χ0) is 15.0. The Hall–Kier alpha value is -1.56. The van der Waals surface area contributed by atoms with Crippen molar-refractivity contribution in [1.29, 1.82) is 0 Å². The standard InChI is InChI=1S/C14H20BrN3O2/c1-16-14(17-9-8-13(19)20-3)18(2)10-11-4-6-12(15)7-5-11/h4-7H,8-10H2,1-3H3,(H,16,17). The van der Waals surface area contributed by atoms with Gasteiger partial charge in [-0.25, -0.2) is 0 Å². The molecule has 1 aromatic carbocycles. The van der Waals surface area contributed by atoms with Gasteiger partial charge < -0.3 is 15.0 Å². The number of guanidine groups is 1. The number of rotatable bonds is 5. The highest BCUT2D eigenvalue weighted by molar-refractivity contribution is 9.10. The number of nitrogens with zero attached hydrogens (tertiary/aromatic N) is 2. The molecule has 5 nitrogen and oxygen atoms in total. The summed E-state index contributed by atoms with van der Waals surface area (Å²) in [6, 6.07) is 8.14. The van der Waals surface area contributed by atoms with Crippen molar-refractivity contribution in [2.24, 2.45) is 4.99 Å². The van der Waals surface area contributed by atoms with Gasteiger partial charge in [0, 0.05) is 31.7 Å². The van der Waals surface area contributed by atoms with Gasteiger partial charge >= 0.3 is 5.97 Å². The number of aliphatic imine (C=N–C) groups is 1. The van der Waals surface area contributed by atoms with Crippen LogP contribution in [0.5, 0.6) is 0 Å². The average Bonchev–Trinajstić information content (AvgIpc) is 2.45. The number of halogens is 1. The number of carbonyl (C=O) groups excluding carboxylic acids is 1. The van der Waals surface area contributed by atoms with E-state index in [2.05, 4.69) is 43.1 Å². The highest BCUT2D eigenvalue weighted by Gasteiger charge is 2.07. The molecule has 1 rings (SSSR count). The molecule has 110 valence electrons. The van der Waals surface area contributed by atoms with E-state index < -0.39 is 0 Å². The molecule has 0 saturated carbocycles. The maximum absolute atomic E-state index is 11.1. The molecule has 0 fully saturated rings. The lowest BCUT2D eigenvalue weighted by molar-refractivity contribution is -0.140. The van der Waals surface area contributed by atoms with Gasteiger partial charge in [0.1, 0.15) is 0 Å². The van der Waals surface area contributed by atoms with E-state index in [0.717, 1.165) is 17.0 Å². The molecule has 0 heterocycles. The van der Waals surface area contributed by atoms with Gasteiger partial charge in [0.25, 0.3) is 0 Å². The molecule has 0 aliphatic carbocycles. The molecular formula is C14H20BrN3O2. The third-order valence-corrected chi connectivity index (χ3v) is 3.27. The molecule has 0 bridgehead atoms. The number of ether oxygens (including phenoxy) is 1. The first-order chi connectivity index (χ1) is 9.56. The van der Waals surface area contributed by atoms with E-state index in [4.69, 9.17) is 0 Å². The molecule has 1 aromatic rings. The van der Waals surface area contributed by atoms with E-state index in [0.29, 0.717) is 13.0 Å². The maximum atomic E-state index is 11.1. The van der Waals surface area contributed by atoms with Crippen LogP contribution in [0.1, 0.15) is 12.0 Å². The summed E-state index contributed by atoms with van der Waals surface area (Å²) in [7, 11) is 5.06. The zero-order valence-electron chi connectivity index (χ0n) is 12.0. The van der Waals surface area contributed by atoms with E-state index in [1.807, 2.05) is 24.1 Å². The molecule has 0 unspecified atom stereocenters. The molecule has 0 aliphatic heterocycles. The number of methoxy groups -OCH3 is 1. The van der Waals surface area contributed by atoms with E-state index >= 15 is 0 Å². The zero-order valence-corrected chi connectivity index (χ0v) is 13.6. The molecular weight excluding hydrogens is 322 g/mol. The van der Waals surface area contributed by atoms with Crippen LogP contribution in [-0.4, -0.2) is 44.6 Å². The van der Waals surface area contributed by atoms with Crippen molar-refractivity contribution in [2.45, 2.75) is 13.0 Å². The van der Waals surface area contributed by atoms with Crippen molar-refractivity contribution in [3.63, 3.8) is 0 Å². The van der Waals surface area contributed by atoms with Gasteiger partial charge in [-0.05, 0) is 17.7 Å². The van der Waals surface area contributed by atoms with Crippen LogP contribution in [0.15, 0.2) is 33.7 Å². The first-order valence-corrected chi connectivity index (χ1v) is 7.09. The average molecular weight is 342 g/mol. The maximum Gasteiger partial charge on any atom is 0.307 e. The normalized spacial score (nSPS) is 11.1. The van der Waals surface area contributed by atoms with Crippen molar-refractivity contribution < 1.29 is 9.53 Å². The van der Waals surface area contributed by atoms with Gasteiger partial charge in [0.15, 0.2) is 5.96 Å². The van der Waals surface area contributed by atoms with Crippen molar-refractivity contribution in [2.75, 3.05) is 27.7 Å². The summed E-state index contributed by atoms with van der Waals surface area (Å²) in [5.41, 5.74) is 1.19. The second-order valence-corrected chi connectivity index (χ2v) is 5.20. The van der Waals surface area contributed by atoms with Crippen LogP contribution in [0.3, 0.4) is 0 Å². The Labute approximate surface area is 128 Å². The van der Waals surface area contributed by atoms with E-state index in [1.54, 1.807) is 7.05 Å². The van der Waals surface area contributed by atoms with Crippen LogP contribution < -0.4 is 5.32 Å². The van der Waals surface area contributed by atoms with Crippen molar-refractivity contribution in [1.82, 2.24) is 10.2 Å². The molecule has 0 spiro atoms. The van der Waals surface area contributed by atoms with Gasteiger partial charge in [0.2, 0.25) is 0 Å². The third-order valence-electron chi connectivity index (χ3n) is 2.75. The van der Waals surface area contributed by atoms with Crippen LogP contribution in [-0.2, 0) is 16.1 Å². The Morgan fingerprint density at radius 1 is 1.40 bits per heavy atom. The first-order valence-electron chi connectivity index (χ1n) is 6.30. The van der Waals surface area contributed by atoms with E-state index in [1.165, 1.54) is 12.7 Å². The molecule has 1 N–H and O–H groups in total. The van der Waals surface area contributed by atoms with Gasteiger partial charge in [-0.2, -0.15) is 0 Å². The topological polar surface area (TPSA) is 53.9 Å². The molecule has 0 amide bonds. The molecule has 0 atom stereocenters.